The van der Waals surface area contributed by atoms with Crippen LogP contribution in [0.5, 0.6) is 0 Å². The van der Waals surface area contributed by atoms with Crippen LogP contribution in [-0.4, -0.2) is 17.3 Å². The number of ketones is 3. The van der Waals surface area contributed by atoms with E-state index in [-0.39, 0.29) is 17.3 Å². The average Bonchev–Trinajstić information content (AvgIpc) is 2.60. The molecule has 0 spiro atoms. The lowest BCUT2D eigenvalue weighted by Gasteiger charge is -2.41. The summed E-state index contributed by atoms with van der Waals surface area (Å²) >= 11 is 12.3. The van der Waals surface area contributed by atoms with Crippen molar-refractivity contribution in [2.45, 2.75) is 40.5 Å². The van der Waals surface area contributed by atoms with Gasteiger partial charge in [-0.25, -0.2) is 0 Å². The highest BCUT2D eigenvalue weighted by Crippen LogP contribution is 2.45. The maximum atomic E-state index is 13.2. The van der Waals surface area contributed by atoms with Gasteiger partial charge in [0.2, 0.25) is 0 Å². The van der Waals surface area contributed by atoms with Crippen LogP contribution in [-0.2, 0) is 14.4 Å². The Labute approximate surface area is 175 Å². The number of benzene rings is 2. The number of halogens is 2. The molecule has 28 heavy (non-hydrogen) atoms. The monoisotopic (exact) mass is 416 g/mol. The predicted molar refractivity (Wildman–Crippen MR) is 112 cm³/mol. The van der Waals surface area contributed by atoms with Crippen molar-refractivity contribution in [2.24, 2.45) is 10.8 Å². The number of hydrogen-bond acceptors (Lipinski definition) is 3. The van der Waals surface area contributed by atoms with Gasteiger partial charge < -0.3 is 0 Å². The highest BCUT2D eigenvalue weighted by Gasteiger charge is 2.58. The Morgan fingerprint density at radius 2 is 1.25 bits per heavy atom. The van der Waals surface area contributed by atoms with E-state index in [0.717, 1.165) is 16.7 Å². The van der Waals surface area contributed by atoms with Crippen LogP contribution in [0.1, 0.15) is 44.7 Å². The standard InChI is InChI=1S/C23H22Cl2O3/c1-12-6-7-13(14-8-15(24)11-16(25)9-14)10-17(12)18-19(26)22(2,3)21(28)23(4,5)20(18)27/h6-11,18H,1-5H3. The van der Waals surface area contributed by atoms with Crippen LogP contribution in [0.25, 0.3) is 11.1 Å². The number of aryl methyl sites for hydroxylation is 1. The first-order chi connectivity index (χ1) is 12.9. The Morgan fingerprint density at radius 1 is 0.750 bits per heavy atom. The van der Waals surface area contributed by atoms with Crippen LogP contribution < -0.4 is 0 Å². The van der Waals surface area contributed by atoms with Crippen LogP contribution in [0.2, 0.25) is 10.0 Å². The molecule has 1 aliphatic carbocycles. The smallest absolute Gasteiger partial charge is 0.160 e. The van der Waals surface area contributed by atoms with Crippen molar-refractivity contribution in [1.29, 1.82) is 0 Å². The van der Waals surface area contributed by atoms with Gasteiger partial charge in [0.15, 0.2) is 17.3 Å². The van der Waals surface area contributed by atoms with E-state index in [2.05, 4.69) is 0 Å². The number of hydrogen-bond donors (Lipinski definition) is 0. The number of Topliss-reactive ketones (excluding diaryl/α,β-unsaturated/α-hetero) is 3. The molecule has 0 aromatic heterocycles. The average molecular weight is 417 g/mol. The van der Waals surface area contributed by atoms with Gasteiger partial charge in [0, 0.05) is 10.0 Å². The van der Waals surface area contributed by atoms with Crippen molar-refractivity contribution in [1.82, 2.24) is 0 Å². The molecule has 3 rings (SSSR count). The summed E-state index contributed by atoms with van der Waals surface area (Å²) in [6.07, 6.45) is 0. The zero-order chi connectivity index (χ0) is 21.0. The number of carbonyl (C=O) groups is 3. The van der Waals surface area contributed by atoms with Crippen LogP contribution in [0.4, 0.5) is 0 Å². The highest BCUT2D eigenvalue weighted by molar-refractivity contribution is 6.35. The van der Waals surface area contributed by atoms with Crippen LogP contribution in [0, 0.1) is 17.8 Å². The van der Waals surface area contributed by atoms with Crippen molar-refractivity contribution in [3.8, 4) is 11.1 Å². The summed E-state index contributed by atoms with van der Waals surface area (Å²) in [6.45, 7) is 8.29. The Morgan fingerprint density at radius 3 is 1.75 bits per heavy atom. The third-order valence-electron chi connectivity index (χ3n) is 5.68. The Hall–Kier alpha value is -1.97. The first-order valence-corrected chi connectivity index (χ1v) is 9.83. The third kappa shape index (κ3) is 3.21. The molecule has 2 aromatic carbocycles. The molecule has 0 atom stereocenters. The molecule has 5 heteroatoms. The van der Waals surface area contributed by atoms with Gasteiger partial charge in [-0.05, 0) is 81.1 Å². The summed E-state index contributed by atoms with van der Waals surface area (Å²) in [5.74, 6) is -2.02. The summed E-state index contributed by atoms with van der Waals surface area (Å²) < 4.78 is 0. The van der Waals surface area contributed by atoms with E-state index in [4.69, 9.17) is 23.2 Å². The maximum absolute atomic E-state index is 13.2. The van der Waals surface area contributed by atoms with Crippen molar-refractivity contribution < 1.29 is 14.4 Å². The molecule has 0 amide bonds. The van der Waals surface area contributed by atoms with Gasteiger partial charge in [-0.1, -0.05) is 35.3 Å². The predicted octanol–water partition coefficient (Wildman–Crippen LogP) is 5.83. The molecule has 0 radical (unpaired) electrons. The molecule has 1 fully saturated rings. The van der Waals surface area contributed by atoms with E-state index in [9.17, 15) is 14.4 Å². The summed E-state index contributed by atoms with van der Waals surface area (Å²) in [5.41, 5.74) is 0.609. The summed E-state index contributed by atoms with van der Waals surface area (Å²) in [4.78, 5) is 39.1. The van der Waals surface area contributed by atoms with Crippen molar-refractivity contribution >= 4 is 40.6 Å². The van der Waals surface area contributed by atoms with E-state index in [0.29, 0.717) is 15.6 Å². The van der Waals surface area contributed by atoms with Gasteiger partial charge >= 0.3 is 0 Å². The van der Waals surface area contributed by atoms with Gasteiger partial charge in [0.1, 0.15) is 5.92 Å². The topological polar surface area (TPSA) is 51.2 Å². The van der Waals surface area contributed by atoms with Crippen molar-refractivity contribution in [3.63, 3.8) is 0 Å². The summed E-state index contributed by atoms with van der Waals surface area (Å²) in [7, 11) is 0. The molecule has 3 nitrogen and oxygen atoms in total. The second-order valence-corrected chi connectivity index (χ2v) is 9.34. The van der Waals surface area contributed by atoms with Crippen LogP contribution in [0.15, 0.2) is 36.4 Å². The lowest BCUT2D eigenvalue weighted by Crippen LogP contribution is -2.56. The van der Waals surface area contributed by atoms with E-state index in [1.807, 2.05) is 25.1 Å². The zero-order valence-electron chi connectivity index (χ0n) is 16.5. The molecule has 2 aromatic rings. The van der Waals surface area contributed by atoms with Gasteiger partial charge in [0.05, 0.1) is 10.8 Å². The van der Waals surface area contributed by atoms with Crippen LogP contribution >= 0.6 is 23.2 Å². The quantitative estimate of drug-likeness (QED) is 0.578. The number of rotatable bonds is 2. The highest BCUT2D eigenvalue weighted by atomic mass is 35.5. The minimum atomic E-state index is -1.22. The second kappa shape index (κ2) is 6.82. The molecular weight excluding hydrogens is 395 g/mol. The molecule has 0 bridgehead atoms. The fraction of sp³-hybridized carbons (Fsp3) is 0.348. The van der Waals surface area contributed by atoms with Crippen molar-refractivity contribution in [2.75, 3.05) is 0 Å². The lowest BCUT2D eigenvalue weighted by atomic mass is 9.57. The minimum Gasteiger partial charge on any atom is -0.298 e. The van der Waals surface area contributed by atoms with Crippen LogP contribution in [0.3, 0.4) is 0 Å². The molecule has 1 aliphatic rings. The van der Waals surface area contributed by atoms with E-state index in [1.54, 1.807) is 45.9 Å². The first kappa shape index (κ1) is 20.8. The molecule has 0 aliphatic heterocycles. The normalized spacial score (nSPS) is 19.2. The second-order valence-electron chi connectivity index (χ2n) is 8.47. The molecule has 0 N–H and O–H groups in total. The molecule has 0 heterocycles. The fourth-order valence-electron chi connectivity index (χ4n) is 3.98. The molecule has 0 saturated heterocycles. The molecular formula is C23H22Cl2O3. The first-order valence-electron chi connectivity index (χ1n) is 9.08. The largest absolute Gasteiger partial charge is 0.298 e. The number of carbonyl (C=O) groups excluding carboxylic acids is 3. The van der Waals surface area contributed by atoms with Gasteiger partial charge in [0.25, 0.3) is 0 Å². The lowest BCUT2D eigenvalue weighted by molar-refractivity contribution is -0.157. The Balaban J connectivity index is 2.19. The van der Waals surface area contributed by atoms with Gasteiger partial charge in [-0.15, -0.1) is 0 Å². The van der Waals surface area contributed by atoms with E-state index >= 15 is 0 Å². The molecule has 1 saturated carbocycles. The van der Waals surface area contributed by atoms with Gasteiger partial charge in [-0.3, -0.25) is 14.4 Å². The van der Waals surface area contributed by atoms with Gasteiger partial charge in [-0.2, -0.15) is 0 Å². The van der Waals surface area contributed by atoms with Crippen molar-refractivity contribution in [3.05, 3.63) is 57.6 Å². The molecule has 0 unspecified atom stereocenters. The SMILES string of the molecule is Cc1ccc(-c2cc(Cl)cc(Cl)c2)cc1C1C(=O)C(C)(C)C(=O)C(C)(C)C1=O. The Kier molecular flexibility index (Phi) is 5.06. The Bertz CT molecular complexity index is 968. The summed E-state index contributed by atoms with van der Waals surface area (Å²) in [6, 6.07) is 10.8. The third-order valence-corrected chi connectivity index (χ3v) is 6.11. The summed E-state index contributed by atoms with van der Waals surface area (Å²) in [5, 5.41) is 1.00. The maximum Gasteiger partial charge on any atom is 0.160 e. The van der Waals surface area contributed by atoms with E-state index in [1.165, 1.54) is 0 Å². The fourth-order valence-corrected chi connectivity index (χ4v) is 4.51. The molecule has 146 valence electrons. The zero-order valence-corrected chi connectivity index (χ0v) is 18.0. The minimum absolute atomic E-state index is 0.332. The van der Waals surface area contributed by atoms with E-state index < -0.39 is 16.7 Å².